The Morgan fingerprint density at radius 1 is 1.42 bits per heavy atom. The molecule has 12 heavy (non-hydrogen) atoms. The lowest BCUT2D eigenvalue weighted by Crippen LogP contribution is -2.05. The van der Waals surface area contributed by atoms with Gasteiger partial charge in [-0.05, 0) is 5.56 Å². The Bertz CT molecular complexity index is 295. The minimum absolute atomic E-state index is 0.0571. The second-order valence-electron chi connectivity index (χ2n) is 2.31. The van der Waals surface area contributed by atoms with Gasteiger partial charge >= 0.3 is 0 Å². The topological polar surface area (TPSA) is 60.4 Å². The summed E-state index contributed by atoms with van der Waals surface area (Å²) in [7, 11) is -4.90. The van der Waals surface area contributed by atoms with Crippen LogP contribution < -0.4 is 4.89 Å². The lowest BCUT2D eigenvalue weighted by atomic mass is 10.2. The highest BCUT2D eigenvalue weighted by molar-refractivity contribution is 7.50. The lowest BCUT2D eigenvalue weighted by molar-refractivity contribution is -0.199. The smallest absolute Gasteiger partial charge is 0.188 e. The Labute approximate surface area is 69.0 Å². The van der Waals surface area contributed by atoms with E-state index in [-0.39, 0.29) is 5.56 Å². The van der Waals surface area contributed by atoms with Crippen LogP contribution >= 0.6 is 7.60 Å². The minimum Gasteiger partial charge on any atom is -0.776 e. The summed E-state index contributed by atoms with van der Waals surface area (Å²) in [5.41, 5.74) is -0.0571. The molecule has 0 aliphatic carbocycles. The van der Waals surface area contributed by atoms with Crippen molar-refractivity contribution in [3.63, 3.8) is 0 Å². The Balaban J connectivity index is 2.94. The maximum Gasteiger partial charge on any atom is 0.188 e. The average molecular weight is 189 g/mol. The van der Waals surface area contributed by atoms with Crippen LogP contribution in [0.5, 0.6) is 0 Å². The van der Waals surface area contributed by atoms with Crippen LogP contribution in [-0.2, 0) is 4.57 Å². The van der Waals surface area contributed by atoms with E-state index in [1.54, 1.807) is 6.07 Å². The SMILES string of the molecule is O=P([O-])(O)[C@H](F)c1ccccc1. The van der Waals surface area contributed by atoms with Gasteiger partial charge in [0.15, 0.2) is 13.5 Å². The van der Waals surface area contributed by atoms with E-state index in [4.69, 9.17) is 4.89 Å². The molecular weight excluding hydrogens is 182 g/mol. The zero-order valence-corrected chi connectivity index (χ0v) is 6.95. The average Bonchev–Trinajstić information content (AvgIpc) is 2.03. The van der Waals surface area contributed by atoms with Crippen LogP contribution in [0, 0.1) is 0 Å². The van der Waals surface area contributed by atoms with Crippen molar-refractivity contribution < 1.29 is 18.7 Å². The normalized spacial score (nSPS) is 18.2. The van der Waals surface area contributed by atoms with Crippen LogP contribution in [0.1, 0.15) is 11.5 Å². The first-order chi connectivity index (χ1) is 5.52. The fraction of sp³-hybridized carbons (Fsp3) is 0.143. The molecule has 66 valence electrons. The van der Waals surface area contributed by atoms with Gasteiger partial charge < -0.3 is 14.4 Å². The van der Waals surface area contributed by atoms with Crippen molar-refractivity contribution in [2.75, 3.05) is 0 Å². The number of hydrogen-bond acceptors (Lipinski definition) is 2. The third-order valence-corrected chi connectivity index (χ3v) is 2.23. The summed E-state index contributed by atoms with van der Waals surface area (Å²) in [5, 5.41) is 0. The van der Waals surface area contributed by atoms with Crippen LogP contribution in [0.4, 0.5) is 4.39 Å². The zero-order valence-electron chi connectivity index (χ0n) is 6.05. The van der Waals surface area contributed by atoms with Gasteiger partial charge in [-0.15, -0.1) is 0 Å². The van der Waals surface area contributed by atoms with Crippen LogP contribution in [-0.4, -0.2) is 4.89 Å². The second kappa shape index (κ2) is 3.35. The first-order valence-electron chi connectivity index (χ1n) is 3.24. The summed E-state index contributed by atoms with van der Waals surface area (Å²) in [6.07, 6.45) is 0. The largest absolute Gasteiger partial charge is 0.776 e. The van der Waals surface area contributed by atoms with Gasteiger partial charge in [0.25, 0.3) is 0 Å². The summed E-state index contributed by atoms with van der Waals surface area (Å²) in [4.78, 5) is 18.7. The van der Waals surface area contributed by atoms with E-state index in [9.17, 15) is 13.8 Å². The number of hydrogen-bond donors (Lipinski definition) is 1. The number of alkyl halides is 1. The van der Waals surface area contributed by atoms with Gasteiger partial charge in [0.05, 0.1) is 0 Å². The molecule has 1 aromatic rings. The van der Waals surface area contributed by atoms with E-state index in [1.165, 1.54) is 24.3 Å². The molecule has 3 nitrogen and oxygen atoms in total. The van der Waals surface area contributed by atoms with Gasteiger partial charge in [0, 0.05) is 0 Å². The highest BCUT2D eigenvalue weighted by atomic mass is 31.2. The van der Waals surface area contributed by atoms with E-state index in [0.717, 1.165) is 0 Å². The summed E-state index contributed by atoms with van der Waals surface area (Å²) >= 11 is 0. The molecule has 0 amide bonds. The molecule has 1 N–H and O–H groups in total. The Morgan fingerprint density at radius 2 is 1.92 bits per heavy atom. The summed E-state index contributed by atoms with van der Waals surface area (Å²) in [6, 6.07) is 7.22. The maximum atomic E-state index is 12.8. The Morgan fingerprint density at radius 3 is 2.33 bits per heavy atom. The predicted molar refractivity (Wildman–Crippen MR) is 40.1 cm³/mol. The molecule has 0 bridgehead atoms. The maximum absolute atomic E-state index is 12.8. The number of rotatable bonds is 2. The highest BCUT2D eigenvalue weighted by Gasteiger charge is 2.20. The third-order valence-electron chi connectivity index (χ3n) is 1.36. The molecule has 0 radical (unpaired) electrons. The Kier molecular flexibility index (Phi) is 2.62. The molecular formula is C7H7FO3P-. The van der Waals surface area contributed by atoms with Crippen LogP contribution in [0.15, 0.2) is 30.3 Å². The first-order valence-corrected chi connectivity index (χ1v) is 4.89. The van der Waals surface area contributed by atoms with Crippen molar-refractivity contribution in [2.24, 2.45) is 0 Å². The third kappa shape index (κ3) is 2.14. The fourth-order valence-electron chi connectivity index (χ4n) is 0.800. The van der Waals surface area contributed by atoms with E-state index in [2.05, 4.69) is 0 Å². The van der Waals surface area contributed by atoms with Crippen LogP contribution in [0.25, 0.3) is 0 Å². The van der Waals surface area contributed by atoms with Crippen molar-refractivity contribution in [1.29, 1.82) is 0 Å². The molecule has 2 atom stereocenters. The molecule has 5 heteroatoms. The summed E-state index contributed by atoms with van der Waals surface area (Å²) < 4.78 is 23.2. The van der Waals surface area contributed by atoms with Gasteiger partial charge in [0.1, 0.15) is 0 Å². The van der Waals surface area contributed by atoms with Crippen LogP contribution in [0.2, 0.25) is 0 Å². The zero-order chi connectivity index (χ0) is 9.19. The molecule has 1 rings (SSSR count). The molecule has 0 aliphatic heterocycles. The summed E-state index contributed by atoms with van der Waals surface area (Å²) in [6.45, 7) is 0. The molecule has 0 saturated heterocycles. The standard InChI is InChI=1S/C7H8FO3P/c8-7(12(9,10)11)6-4-2-1-3-5-6/h1-5,7H,(H2,9,10,11)/p-1/t7-/m0/s1. The van der Waals surface area contributed by atoms with Gasteiger partial charge in [-0.1, -0.05) is 30.3 Å². The first kappa shape index (κ1) is 9.39. The molecule has 0 saturated carbocycles. The van der Waals surface area contributed by atoms with E-state index >= 15 is 0 Å². The molecule has 0 heterocycles. The van der Waals surface area contributed by atoms with Crippen molar-refractivity contribution >= 4 is 7.60 Å². The summed E-state index contributed by atoms with van der Waals surface area (Å²) in [5.74, 6) is -2.32. The van der Waals surface area contributed by atoms with Crippen molar-refractivity contribution in [2.45, 2.75) is 5.91 Å². The molecule has 1 aromatic carbocycles. The number of halogens is 1. The van der Waals surface area contributed by atoms with Gasteiger partial charge in [-0.25, -0.2) is 4.39 Å². The van der Waals surface area contributed by atoms with Gasteiger partial charge in [-0.3, -0.25) is 0 Å². The van der Waals surface area contributed by atoms with Crippen molar-refractivity contribution in [3.05, 3.63) is 35.9 Å². The van der Waals surface area contributed by atoms with Gasteiger partial charge in [0.2, 0.25) is 0 Å². The molecule has 0 fully saturated rings. The second-order valence-corrected chi connectivity index (χ2v) is 3.89. The highest BCUT2D eigenvalue weighted by Crippen LogP contribution is 2.48. The fourth-order valence-corrected chi connectivity index (χ4v) is 1.35. The van der Waals surface area contributed by atoms with E-state index in [1.807, 2.05) is 0 Å². The molecule has 0 aliphatic rings. The van der Waals surface area contributed by atoms with Gasteiger partial charge in [-0.2, -0.15) is 0 Å². The predicted octanol–water partition coefficient (Wildman–Crippen LogP) is 1.20. The Hall–Kier alpha value is -0.700. The molecule has 1 unspecified atom stereocenters. The van der Waals surface area contributed by atoms with Crippen molar-refractivity contribution in [3.8, 4) is 0 Å². The molecule has 0 spiro atoms. The number of benzene rings is 1. The minimum atomic E-state index is -4.90. The van der Waals surface area contributed by atoms with E-state index < -0.39 is 13.5 Å². The molecule has 0 aromatic heterocycles. The van der Waals surface area contributed by atoms with Crippen LogP contribution in [0.3, 0.4) is 0 Å². The van der Waals surface area contributed by atoms with Crippen molar-refractivity contribution in [1.82, 2.24) is 0 Å². The monoisotopic (exact) mass is 189 g/mol. The quantitative estimate of drug-likeness (QED) is 0.711. The van der Waals surface area contributed by atoms with E-state index in [0.29, 0.717) is 0 Å². The lowest BCUT2D eigenvalue weighted by Gasteiger charge is -2.20.